The molecule has 0 radical (unpaired) electrons. The summed E-state index contributed by atoms with van der Waals surface area (Å²) in [5.74, 6) is 0.483. The van der Waals surface area contributed by atoms with Crippen LogP contribution in [0.2, 0.25) is 5.15 Å². The predicted octanol–water partition coefficient (Wildman–Crippen LogP) is 5.98. The van der Waals surface area contributed by atoms with Crippen LogP contribution in [-0.4, -0.2) is 38.9 Å². The third-order valence-electron chi connectivity index (χ3n) is 6.84. The Bertz CT molecular complexity index is 1500. The van der Waals surface area contributed by atoms with Gasteiger partial charge in [-0.15, -0.1) is 0 Å². The number of pyridine rings is 1. The van der Waals surface area contributed by atoms with Crippen molar-refractivity contribution in [3.05, 3.63) is 88.8 Å². The van der Waals surface area contributed by atoms with Gasteiger partial charge in [0.2, 0.25) is 0 Å². The van der Waals surface area contributed by atoms with E-state index in [0.717, 1.165) is 42.7 Å². The minimum Gasteiger partial charge on any atom is -0.507 e. The zero-order valence-electron chi connectivity index (χ0n) is 21.4. The molecule has 3 N–H and O–H groups in total. The lowest BCUT2D eigenvalue weighted by molar-refractivity contribution is 0.102. The molecule has 1 aliphatic carbocycles. The Labute approximate surface area is 230 Å². The highest BCUT2D eigenvalue weighted by Crippen LogP contribution is 2.38. The van der Waals surface area contributed by atoms with Crippen LogP contribution in [0.4, 0.5) is 10.5 Å². The largest absolute Gasteiger partial charge is 0.507 e. The summed E-state index contributed by atoms with van der Waals surface area (Å²) in [6, 6.07) is 16.8. The standard InChI is InChI=1S/C29H28ClN5O4/c1-39-21-11-8-18(9-12-21)17-32-29(38)35-25(19-5-2-3-6-19)16-24(34-35)23-15-20(10-13-26(23)36)33-28(37)22-7-4-14-31-27(22)30/h4,7-16,19,36H,2-3,5-6,17H2,1H3,(H,32,38)(H,33,37). The van der Waals surface area contributed by atoms with Crippen LogP contribution in [0.3, 0.4) is 0 Å². The minimum absolute atomic E-state index is 0.0197. The highest BCUT2D eigenvalue weighted by molar-refractivity contribution is 6.33. The second kappa shape index (κ2) is 11.6. The molecule has 9 nitrogen and oxygen atoms in total. The number of anilines is 1. The lowest BCUT2D eigenvalue weighted by Gasteiger charge is -2.12. The van der Waals surface area contributed by atoms with Crippen LogP contribution < -0.4 is 15.4 Å². The van der Waals surface area contributed by atoms with Crippen molar-refractivity contribution in [1.29, 1.82) is 0 Å². The molecule has 0 unspecified atom stereocenters. The average molecular weight is 546 g/mol. The number of benzene rings is 2. The number of aromatic nitrogens is 3. The van der Waals surface area contributed by atoms with Crippen LogP contribution in [0, 0.1) is 0 Å². The van der Waals surface area contributed by atoms with Crippen molar-refractivity contribution in [1.82, 2.24) is 20.1 Å². The van der Waals surface area contributed by atoms with Crippen molar-refractivity contribution in [3.63, 3.8) is 0 Å². The van der Waals surface area contributed by atoms with E-state index in [2.05, 4.69) is 20.7 Å². The van der Waals surface area contributed by atoms with Crippen LogP contribution in [-0.2, 0) is 6.54 Å². The topological polar surface area (TPSA) is 118 Å². The van der Waals surface area contributed by atoms with Gasteiger partial charge >= 0.3 is 6.03 Å². The number of ether oxygens (including phenoxy) is 1. The number of hydrogen-bond acceptors (Lipinski definition) is 6. The highest BCUT2D eigenvalue weighted by atomic mass is 35.5. The molecule has 10 heteroatoms. The van der Waals surface area contributed by atoms with E-state index in [-0.39, 0.29) is 28.4 Å². The predicted molar refractivity (Wildman–Crippen MR) is 148 cm³/mol. The van der Waals surface area contributed by atoms with Crippen molar-refractivity contribution < 1.29 is 19.4 Å². The van der Waals surface area contributed by atoms with Crippen LogP contribution >= 0.6 is 11.6 Å². The van der Waals surface area contributed by atoms with Crippen LogP contribution in [0.15, 0.2) is 66.9 Å². The Morgan fingerprint density at radius 3 is 2.59 bits per heavy atom. The summed E-state index contributed by atoms with van der Waals surface area (Å²) in [4.78, 5) is 30.0. The molecular weight excluding hydrogens is 518 g/mol. The number of phenols is 1. The van der Waals surface area contributed by atoms with Crippen LogP contribution in [0.5, 0.6) is 11.5 Å². The molecule has 2 aromatic heterocycles. The van der Waals surface area contributed by atoms with Gasteiger partial charge in [-0.1, -0.05) is 36.6 Å². The van der Waals surface area contributed by atoms with Gasteiger partial charge in [-0.3, -0.25) is 4.79 Å². The minimum atomic E-state index is -0.431. The summed E-state index contributed by atoms with van der Waals surface area (Å²) in [7, 11) is 1.61. The maximum Gasteiger partial charge on any atom is 0.342 e. The van der Waals surface area contributed by atoms with Gasteiger partial charge in [0.1, 0.15) is 16.7 Å². The second-order valence-corrected chi connectivity index (χ2v) is 9.74. The first-order valence-electron chi connectivity index (χ1n) is 12.7. The first kappa shape index (κ1) is 26.2. The van der Waals surface area contributed by atoms with E-state index in [1.807, 2.05) is 30.3 Å². The number of carbonyl (C=O) groups is 2. The fourth-order valence-corrected chi connectivity index (χ4v) is 4.98. The molecule has 0 atom stereocenters. The first-order chi connectivity index (χ1) is 18.9. The van der Waals surface area contributed by atoms with Gasteiger partial charge < -0.3 is 20.5 Å². The fraction of sp³-hybridized carbons (Fsp3) is 0.241. The Morgan fingerprint density at radius 1 is 1.10 bits per heavy atom. The number of nitrogens with zero attached hydrogens (tertiary/aromatic N) is 3. The molecule has 0 spiro atoms. The molecule has 2 heterocycles. The van der Waals surface area contributed by atoms with Gasteiger partial charge in [0, 0.05) is 29.9 Å². The number of hydrogen-bond donors (Lipinski definition) is 3. The molecular formula is C29H28ClN5O4. The van der Waals surface area contributed by atoms with E-state index in [9.17, 15) is 14.7 Å². The highest BCUT2D eigenvalue weighted by Gasteiger charge is 2.26. The molecule has 1 saturated carbocycles. The van der Waals surface area contributed by atoms with E-state index >= 15 is 0 Å². The number of nitrogens with one attached hydrogen (secondary N) is 2. The lowest BCUT2D eigenvalue weighted by atomic mass is 10.0. The summed E-state index contributed by atoms with van der Waals surface area (Å²) in [5, 5.41) is 21.1. The Hall–Kier alpha value is -4.37. The number of amides is 2. The number of aromatic hydroxyl groups is 1. The summed E-state index contributed by atoms with van der Waals surface area (Å²) >= 11 is 6.06. The quantitative estimate of drug-likeness (QED) is 0.194. The number of halogens is 1. The number of methoxy groups -OCH3 is 1. The zero-order valence-corrected chi connectivity index (χ0v) is 22.1. The smallest absolute Gasteiger partial charge is 0.342 e. The summed E-state index contributed by atoms with van der Waals surface area (Å²) < 4.78 is 6.59. The van der Waals surface area contributed by atoms with Crippen molar-refractivity contribution >= 4 is 29.2 Å². The van der Waals surface area contributed by atoms with Gasteiger partial charge in [0.25, 0.3) is 5.91 Å². The molecule has 5 rings (SSSR count). The molecule has 2 amide bonds. The van der Waals surface area contributed by atoms with Crippen molar-refractivity contribution in [3.8, 4) is 22.8 Å². The van der Waals surface area contributed by atoms with Crippen LogP contribution in [0.25, 0.3) is 11.3 Å². The molecule has 200 valence electrons. The average Bonchev–Trinajstić information content (AvgIpc) is 3.64. The zero-order chi connectivity index (χ0) is 27.4. The van der Waals surface area contributed by atoms with Gasteiger partial charge in [-0.05, 0) is 66.9 Å². The van der Waals surface area contributed by atoms with Crippen molar-refractivity contribution in [2.75, 3.05) is 12.4 Å². The number of carbonyl (C=O) groups excluding carboxylic acids is 2. The summed E-state index contributed by atoms with van der Waals surface area (Å²) in [6.45, 7) is 0.325. The van der Waals surface area contributed by atoms with E-state index in [0.29, 0.717) is 23.5 Å². The summed E-state index contributed by atoms with van der Waals surface area (Å²) in [5.41, 5.74) is 3.22. The van der Waals surface area contributed by atoms with E-state index < -0.39 is 5.91 Å². The molecule has 4 aromatic rings. The Balaban J connectivity index is 1.41. The number of phenolic OH excluding ortho intramolecular Hbond substituents is 1. The van der Waals surface area contributed by atoms with Gasteiger partial charge in [0.05, 0.1) is 24.1 Å². The fourth-order valence-electron chi connectivity index (χ4n) is 4.77. The molecule has 2 aromatic carbocycles. The monoisotopic (exact) mass is 545 g/mol. The maximum absolute atomic E-state index is 13.3. The van der Waals surface area contributed by atoms with E-state index in [1.165, 1.54) is 16.9 Å². The van der Waals surface area contributed by atoms with E-state index in [4.69, 9.17) is 16.3 Å². The molecule has 0 saturated heterocycles. The summed E-state index contributed by atoms with van der Waals surface area (Å²) in [6.07, 6.45) is 5.60. The third kappa shape index (κ3) is 5.88. The first-order valence-corrected chi connectivity index (χ1v) is 13.1. The SMILES string of the molecule is COc1ccc(CNC(=O)n2nc(-c3cc(NC(=O)c4cccnc4Cl)ccc3O)cc2C2CCCC2)cc1. The van der Waals surface area contributed by atoms with E-state index in [1.54, 1.807) is 31.4 Å². The molecule has 0 bridgehead atoms. The lowest BCUT2D eigenvalue weighted by Crippen LogP contribution is -2.30. The van der Waals surface area contributed by atoms with Crippen LogP contribution in [0.1, 0.15) is 53.2 Å². The molecule has 0 aliphatic heterocycles. The van der Waals surface area contributed by atoms with Crippen molar-refractivity contribution in [2.45, 2.75) is 38.1 Å². The Morgan fingerprint density at radius 2 is 1.87 bits per heavy atom. The van der Waals surface area contributed by atoms with Gasteiger partial charge in [-0.2, -0.15) is 9.78 Å². The molecule has 1 aliphatic rings. The maximum atomic E-state index is 13.3. The molecule has 1 fully saturated rings. The van der Waals surface area contributed by atoms with Crippen molar-refractivity contribution in [2.24, 2.45) is 0 Å². The normalized spacial score (nSPS) is 13.3. The second-order valence-electron chi connectivity index (χ2n) is 9.38. The van der Waals surface area contributed by atoms with Gasteiger partial charge in [0.15, 0.2) is 0 Å². The molecule has 39 heavy (non-hydrogen) atoms. The third-order valence-corrected chi connectivity index (χ3v) is 7.14. The number of rotatable bonds is 7. The van der Waals surface area contributed by atoms with Gasteiger partial charge in [-0.25, -0.2) is 9.78 Å². The Kier molecular flexibility index (Phi) is 7.79.